The van der Waals surface area contributed by atoms with Crippen LogP contribution in [0.2, 0.25) is 0 Å². The Morgan fingerprint density at radius 2 is 1.95 bits per heavy atom. The molecule has 2 aliphatic rings. The van der Waals surface area contributed by atoms with Gasteiger partial charge < -0.3 is 4.74 Å². The molecular formula is C18H21NO3. The molecule has 0 saturated carbocycles. The van der Waals surface area contributed by atoms with Gasteiger partial charge in [0.25, 0.3) is 0 Å². The van der Waals surface area contributed by atoms with E-state index in [1.54, 1.807) is 4.90 Å². The number of amides is 1. The number of ether oxygens (including phenoxy) is 1. The number of hydrogen-bond acceptors (Lipinski definition) is 3. The highest BCUT2D eigenvalue weighted by molar-refractivity contribution is 6.01. The van der Waals surface area contributed by atoms with Gasteiger partial charge in [-0.1, -0.05) is 44.2 Å². The summed E-state index contributed by atoms with van der Waals surface area (Å²) in [4.78, 5) is 26.2. The van der Waals surface area contributed by atoms with Gasteiger partial charge in [-0.05, 0) is 29.4 Å². The average molecular weight is 299 g/mol. The van der Waals surface area contributed by atoms with E-state index in [2.05, 4.69) is 13.8 Å². The highest BCUT2D eigenvalue weighted by atomic mass is 16.6. The molecule has 0 radical (unpaired) electrons. The van der Waals surface area contributed by atoms with Crippen molar-refractivity contribution in [2.24, 2.45) is 11.8 Å². The maximum atomic E-state index is 12.4. The van der Waals surface area contributed by atoms with Crippen LogP contribution >= 0.6 is 0 Å². The van der Waals surface area contributed by atoms with Crippen LogP contribution in [-0.2, 0) is 16.1 Å². The van der Waals surface area contributed by atoms with Crippen molar-refractivity contribution in [3.05, 3.63) is 47.2 Å². The maximum Gasteiger partial charge on any atom is 0.414 e. The molecule has 1 amide bonds. The third kappa shape index (κ3) is 2.78. The van der Waals surface area contributed by atoms with E-state index in [1.165, 1.54) is 0 Å². The summed E-state index contributed by atoms with van der Waals surface area (Å²) in [5.41, 5.74) is 2.67. The molecular weight excluding hydrogens is 278 g/mol. The number of carbonyl (C=O) groups excluding carboxylic acids is 2. The molecule has 2 atom stereocenters. The Morgan fingerprint density at radius 1 is 1.23 bits per heavy atom. The van der Waals surface area contributed by atoms with Gasteiger partial charge in [0.2, 0.25) is 0 Å². The van der Waals surface area contributed by atoms with Gasteiger partial charge in [-0.15, -0.1) is 0 Å². The second-order valence-corrected chi connectivity index (χ2v) is 6.36. The summed E-state index contributed by atoms with van der Waals surface area (Å²) >= 11 is 0. The first-order valence-electron chi connectivity index (χ1n) is 7.80. The van der Waals surface area contributed by atoms with Gasteiger partial charge in [-0.2, -0.15) is 0 Å². The van der Waals surface area contributed by atoms with Gasteiger partial charge in [-0.25, -0.2) is 4.79 Å². The third-order valence-corrected chi connectivity index (χ3v) is 4.41. The van der Waals surface area contributed by atoms with Crippen LogP contribution in [-0.4, -0.2) is 23.3 Å². The van der Waals surface area contributed by atoms with E-state index in [-0.39, 0.29) is 18.3 Å². The smallest absolute Gasteiger partial charge is 0.414 e. The zero-order chi connectivity index (χ0) is 15.7. The molecule has 1 aromatic rings. The SMILES string of the molecule is C[C@H]1CC2=C(C(=O)C[C@@H]2C)N(C(=O)OCc2ccccc2)C1. The number of benzene rings is 1. The molecule has 4 nitrogen and oxygen atoms in total. The highest BCUT2D eigenvalue weighted by Gasteiger charge is 2.40. The van der Waals surface area contributed by atoms with E-state index in [0.29, 0.717) is 24.6 Å². The normalized spacial score (nSPS) is 24.5. The second-order valence-electron chi connectivity index (χ2n) is 6.36. The fourth-order valence-electron chi connectivity index (χ4n) is 3.34. The van der Waals surface area contributed by atoms with Gasteiger partial charge in [0.1, 0.15) is 6.61 Å². The summed E-state index contributed by atoms with van der Waals surface area (Å²) in [6.45, 7) is 4.96. The van der Waals surface area contributed by atoms with E-state index in [9.17, 15) is 9.59 Å². The number of ketones is 1. The van der Waals surface area contributed by atoms with Crippen molar-refractivity contribution in [3.63, 3.8) is 0 Å². The van der Waals surface area contributed by atoms with Gasteiger partial charge >= 0.3 is 6.09 Å². The second kappa shape index (κ2) is 5.95. The molecule has 1 heterocycles. The minimum Gasteiger partial charge on any atom is -0.444 e. The molecule has 0 spiro atoms. The molecule has 22 heavy (non-hydrogen) atoms. The van der Waals surface area contributed by atoms with E-state index >= 15 is 0 Å². The Balaban J connectivity index is 1.75. The molecule has 1 aliphatic carbocycles. The summed E-state index contributed by atoms with van der Waals surface area (Å²) in [6, 6.07) is 9.58. The fourth-order valence-corrected chi connectivity index (χ4v) is 3.34. The largest absolute Gasteiger partial charge is 0.444 e. The maximum absolute atomic E-state index is 12.4. The zero-order valence-corrected chi connectivity index (χ0v) is 13.0. The van der Waals surface area contributed by atoms with Gasteiger partial charge in [0.15, 0.2) is 5.78 Å². The van der Waals surface area contributed by atoms with Crippen molar-refractivity contribution in [3.8, 4) is 0 Å². The van der Waals surface area contributed by atoms with E-state index in [0.717, 1.165) is 17.6 Å². The third-order valence-electron chi connectivity index (χ3n) is 4.41. The lowest BCUT2D eigenvalue weighted by Crippen LogP contribution is -2.39. The lowest BCUT2D eigenvalue weighted by atomic mass is 9.91. The predicted octanol–water partition coefficient (Wildman–Crippen LogP) is 3.53. The number of carbonyl (C=O) groups is 2. The van der Waals surface area contributed by atoms with Crippen LogP contribution in [0.1, 0.15) is 32.3 Å². The van der Waals surface area contributed by atoms with Crippen molar-refractivity contribution in [1.29, 1.82) is 0 Å². The predicted molar refractivity (Wildman–Crippen MR) is 82.9 cm³/mol. The monoisotopic (exact) mass is 299 g/mol. The Hall–Kier alpha value is -2.10. The molecule has 0 bridgehead atoms. The van der Waals surface area contributed by atoms with Crippen LogP contribution in [0, 0.1) is 11.8 Å². The number of nitrogens with zero attached hydrogens (tertiary/aromatic N) is 1. The van der Waals surface area contributed by atoms with Crippen LogP contribution in [0.3, 0.4) is 0 Å². The summed E-state index contributed by atoms with van der Waals surface area (Å²) in [5.74, 6) is 0.678. The number of Topliss-reactive ketones (excluding diaryl/α,β-unsaturated/α-hetero) is 1. The zero-order valence-electron chi connectivity index (χ0n) is 13.0. The number of allylic oxidation sites excluding steroid dienone is 2. The van der Waals surface area contributed by atoms with Gasteiger partial charge in [0, 0.05) is 13.0 Å². The van der Waals surface area contributed by atoms with Crippen LogP contribution < -0.4 is 0 Å². The Morgan fingerprint density at radius 3 is 2.68 bits per heavy atom. The number of rotatable bonds is 2. The fraction of sp³-hybridized carbons (Fsp3) is 0.444. The Labute approximate surface area is 130 Å². The van der Waals surface area contributed by atoms with E-state index < -0.39 is 6.09 Å². The van der Waals surface area contributed by atoms with E-state index in [1.807, 2.05) is 30.3 Å². The molecule has 116 valence electrons. The molecule has 1 aliphatic heterocycles. The molecule has 0 fully saturated rings. The quantitative estimate of drug-likeness (QED) is 0.839. The highest BCUT2D eigenvalue weighted by Crippen LogP contribution is 2.39. The summed E-state index contributed by atoms with van der Waals surface area (Å²) in [5, 5.41) is 0. The van der Waals surface area contributed by atoms with E-state index in [4.69, 9.17) is 4.74 Å². The molecule has 4 heteroatoms. The molecule has 3 rings (SSSR count). The number of hydrogen-bond donors (Lipinski definition) is 0. The minimum atomic E-state index is -0.412. The summed E-state index contributed by atoms with van der Waals surface area (Å²) in [6.07, 6.45) is 1.01. The Kier molecular flexibility index (Phi) is 4.01. The lowest BCUT2D eigenvalue weighted by molar-refractivity contribution is -0.116. The van der Waals surface area contributed by atoms with Crippen LogP contribution in [0.4, 0.5) is 4.79 Å². The molecule has 0 unspecified atom stereocenters. The van der Waals surface area contributed by atoms with Crippen LogP contribution in [0.5, 0.6) is 0 Å². The van der Waals surface area contributed by atoms with Crippen LogP contribution in [0.15, 0.2) is 41.6 Å². The van der Waals surface area contributed by atoms with Gasteiger partial charge in [-0.3, -0.25) is 9.69 Å². The van der Waals surface area contributed by atoms with Crippen molar-refractivity contribution in [2.45, 2.75) is 33.3 Å². The standard InChI is InChI=1S/C18H21NO3/c1-12-8-15-13(2)9-16(20)17(15)19(10-12)18(21)22-11-14-6-4-3-5-7-14/h3-7,12-13H,8-11H2,1-2H3/t12-,13-/m0/s1. The van der Waals surface area contributed by atoms with Gasteiger partial charge in [0.05, 0.1) is 5.70 Å². The summed E-state index contributed by atoms with van der Waals surface area (Å²) < 4.78 is 5.41. The molecule has 0 aromatic heterocycles. The van der Waals surface area contributed by atoms with Crippen molar-refractivity contribution in [2.75, 3.05) is 6.54 Å². The first kappa shape index (κ1) is 14.8. The molecule has 0 saturated heterocycles. The first-order chi connectivity index (χ1) is 10.6. The average Bonchev–Trinajstić information content (AvgIpc) is 2.79. The summed E-state index contributed by atoms with van der Waals surface area (Å²) in [7, 11) is 0. The van der Waals surface area contributed by atoms with Crippen LogP contribution in [0.25, 0.3) is 0 Å². The Bertz CT molecular complexity index is 620. The first-order valence-corrected chi connectivity index (χ1v) is 7.80. The minimum absolute atomic E-state index is 0.0751. The molecule has 1 aromatic carbocycles. The van der Waals surface area contributed by atoms with Crippen molar-refractivity contribution >= 4 is 11.9 Å². The van der Waals surface area contributed by atoms with Crippen molar-refractivity contribution < 1.29 is 14.3 Å². The topological polar surface area (TPSA) is 46.6 Å². The lowest BCUT2D eigenvalue weighted by Gasteiger charge is -2.32. The van der Waals surface area contributed by atoms with Crippen molar-refractivity contribution in [1.82, 2.24) is 4.90 Å². The molecule has 0 N–H and O–H groups in total.